The van der Waals surface area contributed by atoms with Crippen LogP contribution in [0, 0.1) is 0 Å². The SMILES string of the molecule is Oc1cccc2c1oc1c(-c3ccc(-c4cc5c6ccccc6c(-c6ccc(-c7cccc8cccnc78)cc6)cc5c5ccccc45)cc3)cccc12.Oc1cccc2c1oc1c(-c3ccc(-c4cc5c6ccccc6c(-c6ccc7ccccc7c6)cc5c5ccccc45)cc3)cccc12.Oc1cccc2c1oc1c(-c3ccc(-c4cc5c6ccccc6c(-c6ccccc6)cc5c5ccccc45)cc3)cccc12. The highest BCUT2D eigenvalue weighted by molar-refractivity contribution is 6.28. The summed E-state index contributed by atoms with van der Waals surface area (Å²) < 4.78 is 18.7. The van der Waals surface area contributed by atoms with Crippen molar-refractivity contribution < 1.29 is 28.6 Å². The molecule has 26 aromatic carbocycles. The molecule has 0 aliphatic carbocycles. The number of nitrogens with zero attached hydrogens (tertiary/aromatic N) is 1. The summed E-state index contributed by atoms with van der Waals surface area (Å²) in [6, 6.07) is 174. The van der Waals surface area contributed by atoms with Crippen LogP contribution >= 0.6 is 0 Å². The lowest BCUT2D eigenvalue weighted by molar-refractivity contribution is 0.468. The first-order valence-electron chi connectivity index (χ1n) is 49.5. The van der Waals surface area contributed by atoms with Gasteiger partial charge in [-0.05, 0) is 263 Å². The summed E-state index contributed by atoms with van der Waals surface area (Å²) in [6.45, 7) is 0. The van der Waals surface area contributed by atoms with Gasteiger partial charge in [-0.25, -0.2) is 0 Å². The number of hydrogen-bond acceptors (Lipinski definition) is 7. The smallest absolute Gasteiger partial charge is 0.177 e. The van der Waals surface area contributed by atoms with E-state index < -0.39 is 0 Å². The third kappa shape index (κ3) is 14.1. The molecule has 3 N–H and O–H groups in total. The number of aromatic nitrogens is 1. The molecule has 0 aliphatic rings. The number of rotatable bonds is 10. The van der Waals surface area contributed by atoms with Gasteiger partial charge in [0.2, 0.25) is 0 Å². The largest absolute Gasteiger partial charge is 0.504 e. The van der Waals surface area contributed by atoms with Gasteiger partial charge >= 0.3 is 0 Å². The maximum Gasteiger partial charge on any atom is 0.177 e. The van der Waals surface area contributed by atoms with Crippen LogP contribution in [-0.4, -0.2) is 20.3 Å². The lowest BCUT2D eigenvalue weighted by Gasteiger charge is -2.16. The Morgan fingerprint density at radius 3 is 0.678 bits per heavy atom. The maximum absolute atomic E-state index is 10.5. The molecule has 682 valence electrons. The summed E-state index contributed by atoms with van der Waals surface area (Å²) in [7, 11) is 0. The third-order valence-corrected chi connectivity index (χ3v) is 30.0. The van der Waals surface area contributed by atoms with Gasteiger partial charge in [-0.3, -0.25) is 4.98 Å². The van der Waals surface area contributed by atoms with Gasteiger partial charge in [0.25, 0.3) is 0 Å². The molecule has 0 saturated carbocycles. The Balaban J connectivity index is 0.000000107. The molecule has 7 heteroatoms. The van der Waals surface area contributed by atoms with Crippen LogP contribution in [-0.2, 0) is 0 Å². The molecule has 4 aromatic heterocycles. The van der Waals surface area contributed by atoms with Crippen molar-refractivity contribution in [1.29, 1.82) is 0 Å². The topological polar surface area (TPSA) is 113 Å². The van der Waals surface area contributed by atoms with Gasteiger partial charge in [0, 0.05) is 66.2 Å². The van der Waals surface area contributed by atoms with E-state index >= 15 is 0 Å². The Morgan fingerprint density at radius 2 is 0.349 bits per heavy atom. The molecule has 0 saturated heterocycles. The minimum atomic E-state index is 0.153. The molecule has 146 heavy (non-hydrogen) atoms. The lowest BCUT2D eigenvalue weighted by Crippen LogP contribution is -1.90. The van der Waals surface area contributed by atoms with Crippen LogP contribution < -0.4 is 0 Å². The number of para-hydroxylation sites is 7. The standard InChI is InChI=1S/C51H31NO2.C46H28O2.C42H26O2/c53-48-19-7-18-43-42-17-6-16-37(50(42)54-51(43)48)32-22-26-34(27-23-32)45-30-47-40-13-3-1-11-38(40)44(29-46(47)41-14-4-2-12-39(41)45)33-24-20-31(21-25-33)36-15-5-9-35-10-8-28-52-49(35)36;47-44-18-8-17-39-38-16-7-15-33(45(38)48-46(39)44)29-20-22-30(23-21-29)40-26-42-37-14-6-4-12-35(37)41(27-43(42)36-13-5-3-11-34(36)40)32-24-19-28-9-1-2-10-31(28)25-32;43-40-19-9-18-35-34-17-8-16-29(41(34)44-42(35)40)27-20-22-28(23-21-27)37-25-39-32-14-6-4-12-30(32)36(26-10-2-1-3-11-26)24-38(39)33-15-7-5-13-31(33)37/h1-30,53H;1-27,47H;1-25,43H. The lowest BCUT2D eigenvalue weighted by atomic mass is 9.87. The second-order valence-corrected chi connectivity index (χ2v) is 38.0. The number of phenols is 3. The summed E-state index contributed by atoms with van der Waals surface area (Å²) in [6.07, 6.45) is 1.87. The van der Waals surface area contributed by atoms with E-state index in [1.165, 1.54) is 158 Å². The molecular formula is C139H85NO6. The zero-order chi connectivity index (χ0) is 96.7. The highest BCUT2D eigenvalue weighted by atomic mass is 16.4. The molecule has 0 spiro atoms. The summed E-state index contributed by atoms with van der Waals surface area (Å²) in [5.74, 6) is 0.470. The predicted octanol–water partition coefficient (Wildman–Crippen LogP) is 38.6. The molecule has 0 radical (unpaired) electrons. The molecule has 7 nitrogen and oxygen atoms in total. The van der Waals surface area contributed by atoms with Crippen molar-refractivity contribution >= 4 is 184 Å². The van der Waals surface area contributed by atoms with E-state index in [1.807, 2.05) is 54.7 Å². The van der Waals surface area contributed by atoms with Crippen molar-refractivity contribution in [2.45, 2.75) is 0 Å². The molecule has 0 amide bonds. The number of benzene rings is 26. The van der Waals surface area contributed by atoms with Crippen molar-refractivity contribution in [2.75, 3.05) is 0 Å². The van der Waals surface area contributed by atoms with Crippen LogP contribution in [0.15, 0.2) is 511 Å². The molecule has 30 rings (SSSR count). The average Bonchev–Trinajstić information content (AvgIpc) is 1.04. The Hall–Kier alpha value is -19.5. The first-order valence-corrected chi connectivity index (χ1v) is 49.5. The number of phenolic OH excluding ortho intramolecular Hbond substituents is 3. The molecule has 0 aliphatic heterocycles. The zero-order valence-corrected chi connectivity index (χ0v) is 78.9. The van der Waals surface area contributed by atoms with Crippen molar-refractivity contribution in [3.8, 4) is 129 Å². The maximum atomic E-state index is 10.5. The highest BCUT2D eigenvalue weighted by Crippen LogP contribution is 2.51. The van der Waals surface area contributed by atoms with Crippen LogP contribution in [0.4, 0.5) is 0 Å². The number of aromatic hydroxyl groups is 3. The second kappa shape index (κ2) is 34.5. The quantitative estimate of drug-likeness (QED) is 0.117. The van der Waals surface area contributed by atoms with E-state index in [0.717, 1.165) is 121 Å². The number of hydrogen-bond donors (Lipinski definition) is 3. The predicted molar refractivity (Wildman–Crippen MR) is 611 cm³/mol. The number of pyridine rings is 1. The Kier molecular flexibility index (Phi) is 20.0. The molecule has 0 bridgehead atoms. The van der Waals surface area contributed by atoms with Gasteiger partial charge in [0.1, 0.15) is 16.7 Å². The van der Waals surface area contributed by atoms with Crippen molar-refractivity contribution in [1.82, 2.24) is 4.98 Å². The monoisotopic (exact) mass is 1860 g/mol. The van der Waals surface area contributed by atoms with Gasteiger partial charge in [0.05, 0.1) is 5.52 Å². The van der Waals surface area contributed by atoms with E-state index in [4.69, 9.17) is 18.2 Å². The van der Waals surface area contributed by atoms with E-state index in [1.54, 1.807) is 18.2 Å². The van der Waals surface area contributed by atoms with E-state index in [-0.39, 0.29) is 17.2 Å². The van der Waals surface area contributed by atoms with Gasteiger partial charge in [-0.15, -0.1) is 0 Å². The van der Waals surface area contributed by atoms with E-state index in [9.17, 15) is 15.3 Å². The second-order valence-electron chi connectivity index (χ2n) is 38.0. The average molecular weight is 1870 g/mol. The van der Waals surface area contributed by atoms with Gasteiger partial charge < -0.3 is 28.6 Å². The van der Waals surface area contributed by atoms with Crippen LogP contribution in [0.3, 0.4) is 0 Å². The molecule has 0 unspecified atom stereocenters. The van der Waals surface area contributed by atoms with E-state index in [0.29, 0.717) is 16.7 Å². The van der Waals surface area contributed by atoms with Crippen LogP contribution in [0.2, 0.25) is 0 Å². The van der Waals surface area contributed by atoms with Gasteiger partial charge in [-0.1, -0.05) is 425 Å². The summed E-state index contributed by atoms with van der Waals surface area (Å²) >= 11 is 0. The molecular weight excluding hydrogens is 1780 g/mol. The Bertz CT molecular complexity index is 10600. The van der Waals surface area contributed by atoms with Crippen LogP contribution in [0.25, 0.3) is 296 Å². The minimum absolute atomic E-state index is 0.153. The normalized spacial score (nSPS) is 11.8. The summed E-state index contributed by atoms with van der Waals surface area (Å²) in [5, 5.41) is 63.1. The molecule has 4 heterocycles. The Morgan fingerprint density at radius 1 is 0.130 bits per heavy atom. The highest BCUT2D eigenvalue weighted by Gasteiger charge is 2.25. The number of furan rings is 3. The van der Waals surface area contributed by atoms with Crippen LogP contribution in [0.5, 0.6) is 17.2 Å². The fourth-order valence-electron chi connectivity index (χ4n) is 23.0. The molecule has 0 atom stereocenters. The van der Waals surface area contributed by atoms with Gasteiger partial charge in [0.15, 0.2) is 34.0 Å². The minimum Gasteiger partial charge on any atom is -0.504 e. The van der Waals surface area contributed by atoms with Crippen molar-refractivity contribution in [2.24, 2.45) is 0 Å². The first kappa shape index (κ1) is 84.6. The first-order chi connectivity index (χ1) is 72.1. The van der Waals surface area contributed by atoms with Crippen molar-refractivity contribution in [3.05, 3.63) is 498 Å². The van der Waals surface area contributed by atoms with Gasteiger partial charge in [-0.2, -0.15) is 0 Å². The summed E-state index contributed by atoms with van der Waals surface area (Å²) in [4.78, 5) is 4.70. The fourth-order valence-corrected chi connectivity index (χ4v) is 23.0. The summed E-state index contributed by atoms with van der Waals surface area (Å²) in [5.41, 5.74) is 27.9. The zero-order valence-electron chi connectivity index (χ0n) is 78.9. The fraction of sp³-hybridized carbons (Fsp3) is 0. The Labute approximate surface area is 838 Å². The third-order valence-electron chi connectivity index (χ3n) is 30.0. The molecule has 0 fully saturated rings. The van der Waals surface area contributed by atoms with Crippen molar-refractivity contribution in [3.63, 3.8) is 0 Å². The van der Waals surface area contributed by atoms with Crippen LogP contribution in [0.1, 0.15) is 0 Å². The number of fused-ring (bicyclic) bond motifs is 26. The molecule has 30 aromatic rings. The van der Waals surface area contributed by atoms with E-state index in [2.05, 4.69) is 425 Å².